The highest BCUT2D eigenvalue weighted by molar-refractivity contribution is 5.88. The average Bonchev–Trinajstić information content (AvgIpc) is 3.44. The van der Waals surface area contributed by atoms with Gasteiger partial charge in [0.15, 0.2) is 0 Å². The summed E-state index contributed by atoms with van der Waals surface area (Å²) in [7, 11) is 0. The Morgan fingerprint density at radius 3 is 1.60 bits per heavy atom. The van der Waals surface area contributed by atoms with Crippen molar-refractivity contribution in [3.8, 4) is 33.4 Å². The fraction of sp³-hybridized carbons (Fsp3) is 0.0244. The molecule has 7 aromatic rings. The van der Waals surface area contributed by atoms with Crippen molar-refractivity contribution in [3.63, 3.8) is 0 Å². The van der Waals surface area contributed by atoms with Gasteiger partial charge in [-0.25, -0.2) is 0 Å². The molecular weight excluding hydrogens is 506 g/mol. The number of anilines is 3. The topological polar surface area (TPSA) is 3.24 Å². The quantitative estimate of drug-likeness (QED) is 0.212. The van der Waals surface area contributed by atoms with Crippen molar-refractivity contribution in [2.24, 2.45) is 0 Å². The van der Waals surface area contributed by atoms with Gasteiger partial charge in [0.2, 0.25) is 0 Å². The maximum Gasteiger partial charge on any atom is 0.0462 e. The molecule has 1 nitrogen and oxygen atoms in total. The van der Waals surface area contributed by atoms with Crippen LogP contribution in [0.25, 0.3) is 44.2 Å². The van der Waals surface area contributed by atoms with Crippen LogP contribution in [0.3, 0.4) is 0 Å². The highest BCUT2D eigenvalue weighted by atomic mass is 15.1. The van der Waals surface area contributed by atoms with Crippen molar-refractivity contribution in [2.75, 3.05) is 4.90 Å². The summed E-state index contributed by atoms with van der Waals surface area (Å²) in [5.41, 5.74) is 13.9. The zero-order valence-corrected chi connectivity index (χ0v) is 23.2. The Morgan fingerprint density at radius 1 is 0.333 bits per heavy atom. The van der Waals surface area contributed by atoms with Crippen LogP contribution in [0.5, 0.6) is 0 Å². The smallest absolute Gasteiger partial charge is 0.0462 e. The Bertz CT molecular complexity index is 2040. The molecule has 198 valence electrons. The van der Waals surface area contributed by atoms with E-state index >= 15 is 0 Å². The van der Waals surface area contributed by atoms with Gasteiger partial charge >= 0.3 is 0 Å². The minimum atomic E-state index is 1.02. The van der Waals surface area contributed by atoms with Crippen LogP contribution in [0.2, 0.25) is 0 Å². The highest BCUT2D eigenvalue weighted by Crippen LogP contribution is 2.40. The summed E-state index contributed by atoms with van der Waals surface area (Å²) < 4.78 is 0. The molecule has 7 aromatic carbocycles. The number of rotatable bonds is 5. The predicted octanol–water partition coefficient (Wildman–Crippen LogP) is 11.2. The van der Waals surface area contributed by atoms with Gasteiger partial charge in [0, 0.05) is 17.1 Å². The second kappa shape index (κ2) is 10.2. The van der Waals surface area contributed by atoms with Gasteiger partial charge in [-0.05, 0) is 110 Å². The molecule has 1 aliphatic carbocycles. The van der Waals surface area contributed by atoms with E-state index in [0.717, 1.165) is 23.5 Å². The molecule has 42 heavy (non-hydrogen) atoms. The number of hydrogen-bond donors (Lipinski definition) is 0. The molecule has 0 aliphatic heterocycles. The lowest BCUT2D eigenvalue weighted by Crippen LogP contribution is -2.09. The number of fused-ring (bicyclic) bond motifs is 4. The van der Waals surface area contributed by atoms with Crippen molar-refractivity contribution in [1.29, 1.82) is 0 Å². The van der Waals surface area contributed by atoms with Crippen molar-refractivity contribution in [1.82, 2.24) is 0 Å². The molecule has 0 spiro atoms. The highest BCUT2D eigenvalue weighted by Gasteiger charge is 2.18. The van der Waals surface area contributed by atoms with E-state index in [1.54, 1.807) is 0 Å². The van der Waals surface area contributed by atoms with Gasteiger partial charge in [-0.15, -0.1) is 0 Å². The summed E-state index contributed by atoms with van der Waals surface area (Å²) in [5.74, 6) is 0. The van der Waals surface area contributed by atoms with E-state index in [4.69, 9.17) is 0 Å². The Morgan fingerprint density at radius 2 is 0.857 bits per heavy atom. The van der Waals surface area contributed by atoms with E-state index in [2.05, 4.69) is 169 Å². The third kappa shape index (κ3) is 4.36. The van der Waals surface area contributed by atoms with Crippen molar-refractivity contribution >= 4 is 27.8 Å². The number of para-hydroxylation sites is 1. The second-order valence-corrected chi connectivity index (χ2v) is 11.0. The van der Waals surface area contributed by atoms with Crippen LogP contribution in [0.1, 0.15) is 11.1 Å². The molecule has 0 heterocycles. The van der Waals surface area contributed by atoms with Crippen molar-refractivity contribution in [3.05, 3.63) is 175 Å². The lowest BCUT2D eigenvalue weighted by Gasteiger charge is -2.26. The Hall–Kier alpha value is -5.40. The average molecular weight is 536 g/mol. The lowest BCUT2D eigenvalue weighted by atomic mass is 9.98. The molecule has 0 saturated heterocycles. The van der Waals surface area contributed by atoms with Crippen molar-refractivity contribution in [2.45, 2.75) is 6.42 Å². The Kier molecular flexibility index (Phi) is 5.93. The monoisotopic (exact) mass is 535 g/mol. The third-order valence-corrected chi connectivity index (χ3v) is 8.48. The summed E-state index contributed by atoms with van der Waals surface area (Å²) in [6.07, 6.45) is 1.02. The first-order chi connectivity index (χ1) is 20.8. The molecule has 8 rings (SSSR count). The van der Waals surface area contributed by atoms with Crippen LogP contribution in [0.15, 0.2) is 164 Å². The van der Waals surface area contributed by atoms with Crippen LogP contribution >= 0.6 is 0 Å². The zero-order valence-electron chi connectivity index (χ0n) is 23.2. The van der Waals surface area contributed by atoms with Crippen LogP contribution < -0.4 is 4.90 Å². The first-order valence-electron chi connectivity index (χ1n) is 14.6. The van der Waals surface area contributed by atoms with E-state index < -0.39 is 0 Å². The molecule has 1 aliphatic rings. The molecule has 1 heteroatoms. The SMILES string of the molecule is c1ccc(N(c2ccc(-c3ccc4c(c3)-c3ccccc3C4)cc2)c2ccc(-c3ccc4ccccc4c3)cc2)cc1. The van der Waals surface area contributed by atoms with Gasteiger partial charge in [0.1, 0.15) is 0 Å². The molecule has 0 radical (unpaired) electrons. The van der Waals surface area contributed by atoms with E-state index in [-0.39, 0.29) is 0 Å². The minimum absolute atomic E-state index is 1.02. The second-order valence-electron chi connectivity index (χ2n) is 11.0. The lowest BCUT2D eigenvalue weighted by molar-refractivity contribution is 1.26. The molecule has 0 N–H and O–H groups in total. The summed E-state index contributed by atoms with van der Waals surface area (Å²) in [6, 6.07) is 59.4. The summed E-state index contributed by atoms with van der Waals surface area (Å²) in [5, 5.41) is 2.53. The molecule has 0 atom stereocenters. The molecule has 0 fully saturated rings. The molecule has 0 bridgehead atoms. The first-order valence-corrected chi connectivity index (χ1v) is 14.6. The van der Waals surface area contributed by atoms with Crippen molar-refractivity contribution < 1.29 is 0 Å². The molecule has 0 aromatic heterocycles. The number of nitrogens with zero attached hydrogens (tertiary/aromatic N) is 1. The standard InChI is InChI=1S/C41H29N/c1-2-11-37(12-3-1)42(38-22-18-30(19-23-38)33-15-14-29-8-4-5-9-32(29)26-33)39-24-20-31(21-25-39)34-16-17-36-27-35-10-6-7-13-40(35)41(36)28-34/h1-26,28H,27H2. The van der Waals surface area contributed by atoms with Crippen LogP contribution in [-0.2, 0) is 6.42 Å². The number of benzene rings is 7. The van der Waals surface area contributed by atoms with Gasteiger partial charge in [-0.1, -0.05) is 115 Å². The van der Waals surface area contributed by atoms with E-state index in [9.17, 15) is 0 Å². The van der Waals surface area contributed by atoms with Crippen LogP contribution in [-0.4, -0.2) is 0 Å². The van der Waals surface area contributed by atoms with E-state index in [0.29, 0.717) is 0 Å². The van der Waals surface area contributed by atoms with Gasteiger partial charge in [0.25, 0.3) is 0 Å². The maximum absolute atomic E-state index is 2.36. The summed E-state index contributed by atoms with van der Waals surface area (Å²) in [4.78, 5) is 2.33. The molecule has 0 unspecified atom stereocenters. The normalized spacial score (nSPS) is 11.7. The van der Waals surface area contributed by atoms with Gasteiger partial charge in [-0.3, -0.25) is 0 Å². The fourth-order valence-corrected chi connectivity index (χ4v) is 6.30. The molecule has 0 amide bonds. The molecule has 0 saturated carbocycles. The Balaban J connectivity index is 1.13. The summed E-state index contributed by atoms with van der Waals surface area (Å²) in [6.45, 7) is 0. The van der Waals surface area contributed by atoms with Gasteiger partial charge in [0.05, 0.1) is 0 Å². The zero-order chi connectivity index (χ0) is 27.9. The largest absolute Gasteiger partial charge is 0.311 e. The summed E-state index contributed by atoms with van der Waals surface area (Å²) >= 11 is 0. The van der Waals surface area contributed by atoms with Gasteiger partial charge in [-0.2, -0.15) is 0 Å². The van der Waals surface area contributed by atoms with Crippen LogP contribution in [0, 0.1) is 0 Å². The first kappa shape index (κ1) is 24.4. The molecular formula is C41H29N. The Labute approximate surface area is 247 Å². The maximum atomic E-state index is 2.36. The van der Waals surface area contributed by atoms with E-state index in [1.807, 2.05) is 0 Å². The van der Waals surface area contributed by atoms with Crippen LogP contribution in [0.4, 0.5) is 17.1 Å². The fourth-order valence-electron chi connectivity index (χ4n) is 6.30. The number of hydrogen-bond acceptors (Lipinski definition) is 1. The minimum Gasteiger partial charge on any atom is -0.311 e. The predicted molar refractivity (Wildman–Crippen MR) is 178 cm³/mol. The third-order valence-electron chi connectivity index (χ3n) is 8.48. The van der Waals surface area contributed by atoms with Gasteiger partial charge < -0.3 is 4.90 Å². The van der Waals surface area contributed by atoms with E-state index in [1.165, 1.54) is 55.3 Å².